The number of ether oxygens (including phenoxy) is 2. The van der Waals surface area contributed by atoms with Crippen molar-refractivity contribution in [2.75, 3.05) is 13.7 Å². The molecule has 2 atom stereocenters. The van der Waals surface area contributed by atoms with E-state index in [9.17, 15) is 4.79 Å². The number of esters is 1. The van der Waals surface area contributed by atoms with E-state index in [2.05, 4.69) is 52.3 Å². The summed E-state index contributed by atoms with van der Waals surface area (Å²) in [6.45, 7) is 4.07. The summed E-state index contributed by atoms with van der Waals surface area (Å²) in [4.78, 5) is 12.1. The van der Waals surface area contributed by atoms with Gasteiger partial charge in [0.2, 0.25) is 0 Å². The Morgan fingerprint density at radius 2 is 2.03 bits per heavy atom. The Kier molecular flexibility index (Phi) is 5.95. The van der Waals surface area contributed by atoms with Gasteiger partial charge in [-0.25, -0.2) is 4.79 Å². The largest absolute Gasteiger partial charge is 0.497 e. The average Bonchev–Trinajstić information content (AvgIpc) is 3.14. The molecule has 1 heterocycles. The zero-order chi connectivity index (χ0) is 21.3. The molecule has 1 aliphatic carbocycles. The Bertz CT molecular complexity index is 1010. The van der Waals surface area contributed by atoms with Gasteiger partial charge >= 0.3 is 5.97 Å². The maximum absolute atomic E-state index is 12.1. The molecular weight excluding hydrogens is 444 g/mol. The minimum atomic E-state index is -0.346. The quantitative estimate of drug-likeness (QED) is 0.444. The van der Waals surface area contributed by atoms with Gasteiger partial charge in [0.05, 0.1) is 25.5 Å². The highest BCUT2D eigenvalue weighted by molar-refractivity contribution is 9.10. The number of halogens is 1. The summed E-state index contributed by atoms with van der Waals surface area (Å²) in [6.07, 6.45) is 3.52. The number of hydrazone groups is 1. The molecule has 0 bridgehead atoms. The zero-order valence-electron chi connectivity index (χ0n) is 17.4. The van der Waals surface area contributed by atoms with Gasteiger partial charge in [-0.15, -0.1) is 0 Å². The van der Waals surface area contributed by atoms with Gasteiger partial charge in [-0.05, 0) is 62.1 Å². The van der Waals surface area contributed by atoms with E-state index >= 15 is 0 Å². The van der Waals surface area contributed by atoms with Crippen LogP contribution < -0.4 is 4.74 Å². The molecule has 0 fully saturated rings. The lowest BCUT2D eigenvalue weighted by atomic mass is 9.77. The number of allylic oxidation sites excluding steroid dienone is 1. The number of carbonyl (C=O) groups is 1. The molecule has 4 rings (SSSR count). The van der Waals surface area contributed by atoms with Crippen LogP contribution in [0.15, 0.2) is 63.8 Å². The maximum atomic E-state index is 12.1. The third-order valence-corrected chi connectivity index (χ3v) is 6.24. The van der Waals surface area contributed by atoms with Crippen molar-refractivity contribution in [3.05, 3.63) is 75.4 Å². The normalized spacial score (nSPS) is 20.3. The van der Waals surface area contributed by atoms with Crippen LogP contribution in [-0.2, 0) is 16.0 Å². The summed E-state index contributed by atoms with van der Waals surface area (Å²) in [5.74, 6) is 0.715. The van der Waals surface area contributed by atoms with E-state index in [4.69, 9.17) is 14.6 Å². The Labute approximate surface area is 185 Å². The van der Waals surface area contributed by atoms with Crippen LogP contribution in [0, 0.1) is 5.92 Å². The van der Waals surface area contributed by atoms with Crippen LogP contribution in [0.5, 0.6) is 5.75 Å². The molecule has 0 N–H and O–H groups in total. The molecule has 6 heteroatoms. The molecular formula is C24H25BrN2O3. The Morgan fingerprint density at radius 3 is 2.73 bits per heavy atom. The van der Waals surface area contributed by atoms with Crippen molar-refractivity contribution in [1.82, 2.24) is 5.01 Å². The molecule has 0 saturated carbocycles. The lowest BCUT2D eigenvalue weighted by molar-refractivity contribution is -0.137. The first-order valence-electron chi connectivity index (χ1n) is 10.2. The molecule has 2 aromatic carbocycles. The molecule has 1 aliphatic heterocycles. The van der Waals surface area contributed by atoms with E-state index in [0.29, 0.717) is 6.61 Å². The number of nitrogens with zero attached hydrogens (tertiary/aromatic N) is 2. The van der Waals surface area contributed by atoms with Crippen LogP contribution in [-0.4, -0.2) is 30.4 Å². The minimum absolute atomic E-state index is 0.0260. The van der Waals surface area contributed by atoms with Crippen molar-refractivity contribution in [3.63, 3.8) is 0 Å². The lowest BCUT2D eigenvalue weighted by Crippen LogP contribution is -2.28. The molecule has 0 radical (unpaired) electrons. The number of carbonyl (C=O) groups excluding carboxylic acids is 1. The molecule has 0 aromatic heterocycles. The number of methoxy groups -OCH3 is 1. The van der Waals surface area contributed by atoms with E-state index < -0.39 is 0 Å². The summed E-state index contributed by atoms with van der Waals surface area (Å²) < 4.78 is 11.6. The SMILES string of the molecule is CCOC(=O)/C=C(\C)N1N=C2c3cc(OC)ccc3CC[C@H]2[C@H]1c1ccc(Br)cc1. The number of rotatable bonds is 5. The van der Waals surface area contributed by atoms with Gasteiger partial charge in [0, 0.05) is 27.7 Å². The van der Waals surface area contributed by atoms with Crippen LogP contribution in [0.25, 0.3) is 0 Å². The number of benzene rings is 2. The Morgan fingerprint density at radius 1 is 1.27 bits per heavy atom. The predicted octanol–water partition coefficient (Wildman–Crippen LogP) is 5.25. The second-order valence-corrected chi connectivity index (χ2v) is 8.45. The first-order chi connectivity index (χ1) is 14.5. The van der Waals surface area contributed by atoms with Crippen LogP contribution in [0.2, 0.25) is 0 Å². The van der Waals surface area contributed by atoms with Crippen LogP contribution >= 0.6 is 15.9 Å². The Hall–Kier alpha value is -2.60. The van der Waals surface area contributed by atoms with Crippen molar-refractivity contribution in [1.29, 1.82) is 0 Å². The minimum Gasteiger partial charge on any atom is -0.497 e. The fraction of sp³-hybridized carbons (Fsp3) is 0.333. The summed E-state index contributed by atoms with van der Waals surface area (Å²) in [6, 6.07) is 14.6. The fourth-order valence-electron chi connectivity index (χ4n) is 4.32. The topological polar surface area (TPSA) is 51.1 Å². The van der Waals surface area contributed by atoms with Gasteiger partial charge in [0.25, 0.3) is 0 Å². The monoisotopic (exact) mass is 468 g/mol. The summed E-state index contributed by atoms with van der Waals surface area (Å²) in [7, 11) is 1.68. The highest BCUT2D eigenvalue weighted by Gasteiger charge is 2.42. The summed E-state index contributed by atoms with van der Waals surface area (Å²) >= 11 is 3.53. The summed E-state index contributed by atoms with van der Waals surface area (Å²) in [5, 5.41) is 7.01. The molecule has 0 saturated heterocycles. The van der Waals surface area contributed by atoms with Crippen molar-refractivity contribution in [3.8, 4) is 5.75 Å². The predicted molar refractivity (Wildman–Crippen MR) is 120 cm³/mol. The van der Waals surface area contributed by atoms with Gasteiger partial charge in [0.15, 0.2) is 0 Å². The third-order valence-electron chi connectivity index (χ3n) is 5.72. The highest BCUT2D eigenvalue weighted by atomic mass is 79.9. The highest BCUT2D eigenvalue weighted by Crippen LogP contribution is 2.45. The van der Waals surface area contributed by atoms with E-state index in [1.807, 2.05) is 18.0 Å². The number of hydrogen-bond donors (Lipinski definition) is 0. The van der Waals surface area contributed by atoms with Gasteiger partial charge < -0.3 is 9.47 Å². The van der Waals surface area contributed by atoms with Crippen LogP contribution in [0.3, 0.4) is 0 Å². The number of hydrogen-bond acceptors (Lipinski definition) is 5. The average molecular weight is 469 g/mol. The van der Waals surface area contributed by atoms with Gasteiger partial charge in [-0.1, -0.05) is 34.1 Å². The van der Waals surface area contributed by atoms with E-state index in [0.717, 1.165) is 40.0 Å². The van der Waals surface area contributed by atoms with Crippen LogP contribution in [0.1, 0.15) is 43.0 Å². The number of aryl methyl sites for hydroxylation is 1. The van der Waals surface area contributed by atoms with Crippen molar-refractivity contribution >= 4 is 27.6 Å². The first-order valence-corrected chi connectivity index (χ1v) is 11.0. The molecule has 5 nitrogen and oxygen atoms in total. The zero-order valence-corrected chi connectivity index (χ0v) is 19.0. The lowest BCUT2D eigenvalue weighted by Gasteiger charge is -2.31. The first kappa shape index (κ1) is 20.7. The van der Waals surface area contributed by atoms with Crippen molar-refractivity contribution in [2.24, 2.45) is 11.0 Å². The maximum Gasteiger partial charge on any atom is 0.332 e. The summed E-state index contributed by atoms with van der Waals surface area (Å²) in [5.41, 5.74) is 5.42. The second-order valence-electron chi connectivity index (χ2n) is 7.53. The second kappa shape index (κ2) is 8.64. The Balaban J connectivity index is 1.79. The fourth-order valence-corrected chi connectivity index (χ4v) is 4.59. The molecule has 156 valence electrons. The third kappa shape index (κ3) is 3.88. The van der Waals surface area contributed by atoms with E-state index in [1.54, 1.807) is 14.0 Å². The van der Waals surface area contributed by atoms with E-state index in [1.165, 1.54) is 17.2 Å². The standard InChI is InChI=1S/C24H25BrN2O3/c1-4-30-22(28)13-15(2)27-24(17-5-9-18(25)10-6-17)20-12-8-16-7-11-19(29-3)14-21(16)23(20)26-27/h5-7,9-11,13-14,20,24H,4,8,12H2,1-3H3/b15-13+/t20-,24-/m1/s1. The molecule has 0 unspecified atom stereocenters. The molecule has 30 heavy (non-hydrogen) atoms. The van der Waals surface area contributed by atoms with Gasteiger partial charge in [-0.3, -0.25) is 5.01 Å². The van der Waals surface area contributed by atoms with E-state index in [-0.39, 0.29) is 17.9 Å². The van der Waals surface area contributed by atoms with Gasteiger partial charge in [-0.2, -0.15) is 5.10 Å². The van der Waals surface area contributed by atoms with Crippen molar-refractivity contribution in [2.45, 2.75) is 32.7 Å². The van der Waals surface area contributed by atoms with Crippen molar-refractivity contribution < 1.29 is 14.3 Å². The molecule has 0 amide bonds. The van der Waals surface area contributed by atoms with Crippen LogP contribution in [0.4, 0.5) is 0 Å². The molecule has 2 aliphatic rings. The smallest absolute Gasteiger partial charge is 0.332 e. The van der Waals surface area contributed by atoms with Gasteiger partial charge in [0.1, 0.15) is 5.75 Å². The molecule has 0 spiro atoms. The number of fused-ring (bicyclic) bond motifs is 3. The molecule has 2 aromatic rings.